The summed E-state index contributed by atoms with van der Waals surface area (Å²) in [5.74, 6) is -0.589. The standard InChI is InChI=1S/C23H30O7/c1-13(2)10-19(25)28-20(21-22(3,4)30-23(5,6)29-21)15-11-14-8-9-18(24)27-16(14)12-17(15)26-7/h8-9,11-13,20-21H,10H2,1-7H3/t20-,21-/m1/s1. The molecule has 164 valence electrons. The van der Waals surface area contributed by atoms with Gasteiger partial charge in [0.1, 0.15) is 17.4 Å². The topological polar surface area (TPSA) is 84.2 Å². The van der Waals surface area contributed by atoms with E-state index in [1.165, 1.54) is 13.2 Å². The molecule has 1 aromatic carbocycles. The number of rotatable bonds is 6. The molecule has 1 fully saturated rings. The van der Waals surface area contributed by atoms with Crippen LogP contribution in [0.5, 0.6) is 5.75 Å². The van der Waals surface area contributed by atoms with Crippen molar-refractivity contribution < 1.29 is 28.2 Å². The first-order chi connectivity index (χ1) is 13.9. The highest BCUT2D eigenvalue weighted by molar-refractivity contribution is 5.80. The molecule has 0 bridgehead atoms. The van der Waals surface area contributed by atoms with Gasteiger partial charge >= 0.3 is 11.6 Å². The monoisotopic (exact) mass is 418 g/mol. The van der Waals surface area contributed by atoms with E-state index in [2.05, 4.69) is 0 Å². The fourth-order valence-corrected chi connectivity index (χ4v) is 3.91. The number of methoxy groups -OCH3 is 1. The van der Waals surface area contributed by atoms with Gasteiger partial charge in [-0.25, -0.2) is 4.79 Å². The molecular weight excluding hydrogens is 388 g/mol. The predicted molar refractivity (Wildman–Crippen MR) is 111 cm³/mol. The van der Waals surface area contributed by atoms with Crippen LogP contribution >= 0.6 is 0 Å². The van der Waals surface area contributed by atoms with E-state index in [-0.39, 0.29) is 18.3 Å². The van der Waals surface area contributed by atoms with Crippen molar-refractivity contribution in [3.05, 3.63) is 40.2 Å². The smallest absolute Gasteiger partial charge is 0.336 e. The van der Waals surface area contributed by atoms with Crippen molar-refractivity contribution in [1.29, 1.82) is 0 Å². The van der Waals surface area contributed by atoms with Crippen molar-refractivity contribution in [2.45, 2.75) is 71.6 Å². The zero-order valence-electron chi connectivity index (χ0n) is 18.6. The minimum Gasteiger partial charge on any atom is -0.496 e. The van der Waals surface area contributed by atoms with Crippen LogP contribution in [0.1, 0.15) is 59.6 Å². The molecule has 3 rings (SSSR count). The van der Waals surface area contributed by atoms with Crippen LogP contribution in [0.25, 0.3) is 11.0 Å². The summed E-state index contributed by atoms with van der Waals surface area (Å²) in [5.41, 5.74) is -0.170. The minimum atomic E-state index is -0.840. The summed E-state index contributed by atoms with van der Waals surface area (Å²) in [4.78, 5) is 24.3. The molecule has 0 radical (unpaired) electrons. The Hall–Kier alpha value is -2.38. The van der Waals surface area contributed by atoms with Crippen LogP contribution in [0.3, 0.4) is 0 Å². The Bertz CT molecular complexity index is 987. The maximum absolute atomic E-state index is 12.7. The molecule has 0 unspecified atom stereocenters. The number of esters is 1. The van der Waals surface area contributed by atoms with E-state index < -0.39 is 29.2 Å². The summed E-state index contributed by atoms with van der Waals surface area (Å²) in [6.45, 7) is 11.4. The molecule has 0 aliphatic carbocycles. The Morgan fingerprint density at radius 1 is 1.17 bits per heavy atom. The van der Waals surface area contributed by atoms with E-state index in [4.69, 9.17) is 23.4 Å². The summed E-state index contributed by atoms with van der Waals surface area (Å²) in [5, 5.41) is 0.686. The van der Waals surface area contributed by atoms with Crippen molar-refractivity contribution in [3.63, 3.8) is 0 Å². The maximum atomic E-state index is 12.7. The lowest BCUT2D eigenvalue weighted by atomic mass is 9.91. The third-order valence-electron chi connectivity index (χ3n) is 4.99. The van der Waals surface area contributed by atoms with Gasteiger partial charge in [-0.05, 0) is 45.7 Å². The van der Waals surface area contributed by atoms with Gasteiger partial charge in [-0.2, -0.15) is 0 Å². The van der Waals surface area contributed by atoms with Gasteiger partial charge in [-0.15, -0.1) is 0 Å². The number of carbonyl (C=O) groups excluding carboxylic acids is 1. The number of benzene rings is 1. The molecule has 0 N–H and O–H groups in total. The van der Waals surface area contributed by atoms with Gasteiger partial charge in [0.15, 0.2) is 11.9 Å². The molecule has 1 aliphatic heterocycles. The summed E-state index contributed by atoms with van der Waals surface area (Å²) in [6, 6.07) is 6.44. The van der Waals surface area contributed by atoms with Gasteiger partial charge in [-0.1, -0.05) is 13.8 Å². The molecule has 7 heteroatoms. The lowest BCUT2D eigenvalue weighted by Gasteiger charge is -2.32. The van der Waals surface area contributed by atoms with E-state index in [1.54, 1.807) is 18.2 Å². The third kappa shape index (κ3) is 4.68. The van der Waals surface area contributed by atoms with Crippen LogP contribution in [0.2, 0.25) is 0 Å². The van der Waals surface area contributed by atoms with Gasteiger partial charge in [-0.3, -0.25) is 4.79 Å². The normalized spacial score (nSPS) is 21.0. The van der Waals surface area contributed by atoms with E-state index in [0.29, 0.717) is 22.3 Å². The first kappa shape index (κ1) is 22.3. The number of carbonyl (C=O) groups is 1. The van der Waals surface area contributed by atoms with Crippen molar-refractivity contribution in [1.82, 2.24) is 0 Å². The van der Waals surface area contributed by atoms with E-state index in [0.717, 1.165) is 0 Å². The summed E-state index contributed by atoms with van der Waals surface area (Å²) >= 11 is 0. The molecule has 1 aliphatic rings. The van der Waals surface area contributed by atoms with E-state index in [9.17, 15) is 9.59 Å². The molecule has 0 spiro atoms. The maximum Gasteiger partial charge on any atom is 0.336 e. The van der Waals surface area contributed by atoms with E-state index in [1.807, 2.05) is 41.5 Å². The minimum absolute atomic E-state index is 0.149. The molecule has 1 saturated heterocycles. The highest BCUT2D eigenvalue weighted by atomic mass is 16.8. The van der Waals surface area contributed by atoms with Gasteiger partial charge in [0.25, 0.3) is 0 Å². The fraction of sp³-hybridized carbons (Fsp3) is 0.565. The SMILES string of the molecule is COc1cc2oc(=O)ccc2cc1[C@@H](OC(=O)CC(C)C)[C@H]1OC(C)(C)OC1(C)C. The number of ether oxygens (including phenoxy) is 4. The molecule has 2 atom stereocenters. The fourth-order valence-electron chi connectivity index (χ4n) is 3.91. The van der Waals surface area contributed by atoms with E-state index >= 15 is 0 Å². The summed E-state index contributed by atoms with van der Waals surface area (Å²) < 4.78 is 29.1. The summed E-state index contributed by atoms with van der Waals surface area (Å²) in [6.07, 6.45) is -1.08. The van der Waals surface area contributed by atoms with Gasteiger partial charge < -0.3 is 23.4 Å². The van der Waals surface area contributed by atoms with Crippen molar-refractivity contribution in [2.75, 3.05) is 7.11 Å². The second-order valence-corrected chi connectivity index (χ2v) is 9.04. The Kier molecular flexibility index (Phi) is 5.98. The molecule has 0 amide bonds. The molecular formula is C23H30O7. The molecule has 0 saturated carbocycles. The van der Waals surface area contributed by atoms with Gasteiger partial charge in [0.2, 0.25) is 0 Å². The van der Waals surface area contributed by atoms with Crippen molar-refractivity contribution in [3.8, 4) is 5.75 Å². The molecule has 2 aromatic rings. The van der Waals surface area contributed by atoms with Crippen molar-refractivity contribution >= 4 is 16.9 Å². The van der Waals surface area contributed by atoms with Crippen molar-refractivity contribution in [2.24, 2.45) is 5.92 Å². The van der Waals surface area contributed by atoms with Gasteiger partial charge in [0.05, 0.1) is 12.7 Å². The average Bonchev–Trinajstić information content (AvgIpc) is 2.84. The van der Waals surface area contributed by atoms with Crippen LogP contribution < -0.4 is 10.4 Å². The lowest BCUT2D eigenvalue weighted by Crippen LogP contribution is -2.39. The molecule has 30 heavy (non-hydrogen) atoms. The highest BCUT2D eigenvalue weighted by Crippen LogP contribution is 2.46. The Labute approximate surface area is 176 Å². The predicted octanol–water partition coefficient (Wildman–Crippen LogP) is 4.36. The second kappa shape index (κ2) is 8.04. The number of hydrogen-bond donors (Lipinski definition) is 0. The first-order valence-corrected chi connectivity index (χ1v) is 10.1. The van der Waals surface area contributed by atoms with Gasteiger partial charge in [0, 0.05) is 29.5 Å². The Morgan fingerprint density at radius 3 is 2.43 bits per heavy atom. The zero-order chi connectivity index (χ0) is 22.3. The number of fused-ring (bicyclic) bond motifs is 1. The molecule has 7 nitrogen and oxygen atoms in total. The summed E-state index contributed by atoms with van der Waals surface area (Å²) in [7, 11) is 1.51. The van der Waals surface area contributed by atoms with Crippen LogP contribution in [0.15, 0.2) is 33.5 Å². The number of hydrogen-bond acceptors (Lipinski definition) is 7. The second-order valence-electron chi connectivity index (χ2n) is 9.04. The van der Waals surface area contributed by atoms with Crippen LogP contribution in [-0.4, -0.2) is 30.6 Å². The largest absolute Gasteiger partial charge is 0.496 e. The van der Waals surface area contributed by atoms with Crippen LogP contribution in [-0.2, 0) is 19.0 Å². The molecule has 2 heterocycles. The first-order valence-electron chi connectivity index (χ1n) is 10.1. The Morgan fingerprint density at radius 2 is 1.87 bits per heavy atom. The Balaban J connectivity index is 2.13. The third-order valence-corrected chi connectivity index (χ3v) is 4.99. The van der Waals surface area contributed by atoms with Crippen LogP contribution in [0, 0.1) is 5.92 Å². The molecule has 1 aromatic heterocycles. The quantitative estimate of drug-likeness (QED) is 0.509. The lowest BCUT2D eigenvalue weighted by molar-refractivity contribution is -0.173. The van der Waals surface area contributed by atoms with Crippen LogP contribution in [0.4, 0.5) is 0 Å². The highest BCUT2D eigenvalue weighted by Gasteiger charge is 2.52. The zero-order valence-corrected chi connectivity index (χ0v) is 18.6. The average molecular weight is 418 g/mol.